The Labute approximate surface area is 78.5 Å². The van der Waals surface area contributed by atoms with E-state index in [1.807, 2.05) is 0 Å². The highest BCUT2D eigenvalue weighted by Crippen LogP contribution is 2.30. The Kier molecular flexibility index (Phi) is 4.66. The lowest BCUT2D eigenvalue weighted by Gasteiger charge is -2.24. The molecule has 1 heteroatoms. The molecule has 0 aliphatic rings. The fourth-order valence-electron chi connectivity index (χ4n) is 1.14. The van der Waals surface area contributed by atoms with Crippen molar-refractivity contribution in [2.24, 2.45) is 0 Å². The van der Waals surface area contributed by atoms with Crippen molar-refractivity contribution in [3.8, 4) is 0 Å². The summed E-state index contributed by atoms with van der Waals surface area (Å²) in [5.41, 5.74) is 1.32. The van der Waals surface area contributed by atoms with Crippen LogP contribution in [-0.4, -0.2) is 6.71 Å². The quantitative estimate of drug-likeness (QED) is 0.432. The van der Waals surface area contributed by atoms with Gasteiger partial charge in [0.05, 0.1) is 0 Å². The van der Waals surface area contributed by atoms with Gasteiger partial charge < -0.3 is 0 Å². The van der Waals surface area contributed by atoms with Gasteiger partial charge in [-0.1, -0.05) is 51.2 Å². The molecule has 0 aromatic rings. The van der Waals surface area contributed by atoms with E-state index < -0.39 is 0 Å². The fraction of sp³-hybridized carbons (Fsp3) is 0.818. The first-order chi connectivity index (χ1) is 5.34. The van der Waals surface area contributed by atoms with Crippen molar-refractivity contribution in [1.29, 1.82) is 0 Å². The van der Waals surface area contributed by atoms with Crippen LogP contribution in [0.15, 0.2) is 12.2 Å². The largest absolute Gasteiger partial charge is 0.142 e. The van der Waals surface area contributed by atoms with Gasteiger partial charge in [0.25, 0.3) is 0 Å². The number of rotatable bonds is 4. The standard InChI is InChI=1S/C11H23B/c1-10(2)8-7-9-12(6)11(3,4)5/h1,7-9H2,2-6H3. The molecule has 0 heterocycles. The van der Waals surface area contributed by atoms with Gasteiger partial charge in [-0.15, -0.1) is 6.58 Å². The second kappa shape index (κ2) is 4.74. The smallest absolute Gasteiger partial charge is 0.100 e. The molecule has 0 aliphatic heterocycles. The van der Waals surface area contributed by atoms with Gasteiger partial charge in [-0.2, -0.15) is 0 Å². The molecule has 70 valence electrons. The highest BCUT2D eigenvalue weighted by Gasteiger charge is 2.22. The molecule has 0 saturated heterocycles. The number of hydrogen-bond acceptors (Lipinski definition) is 0. The van der Waals surface area contributed by atoms with E-state index in [9.17, 15) is 0 Å². The topological polar surface area (TPSA) is 0 Å². The van der Waals surface area contributed by atoms with E-state index in [0.29, 0.717) is 5.31 Å². The summed E-state index contributed by atoms with van der Waals surface area (Å²) in [6.07, 6.45) is 3.82. The zero-order chi connectivity index (χ0) is 9.78. The van der Waals surface area contributed by atoms with Crippen molar-refractivity contribution in [3.05, 3.63) is 12.2 Å². The summed E-state index contributed by atoms with van der Waals surface area (Å²) < 4.78 is 0. The van der Waals surface area contributed by atoms with Gasteiger partial charge in [0, 0.05) is 0 Å². The average molecular weight is 166 g/mol. The van der Waals surface area contributed by atoms with Crippen LogP contribution in [0.25, 0.3) is 0 Å². The van der Waals surface area contributed by atoms with E-state index in [1.165, 1.54) is 24.7 Å². The van der Waals surface area contributed by atoms with Crippen LogP contribution in [0.4, 0.5) is 0 Å². The van der Waals surface area contributed by atoms with Crippen LogP contribution in [0.5, 0.6) is 0 Å². The summed E-state index contributed by atoms with van der Waals surface area (Å²) in [7, 11) is 0. The monoisotopic (exact) mass is 166 g/mol. The lowest BCUT2D eigenvalue weighted by molar-refractivity contribution is 0.724. The van der Waals surface area contributed by atoms with Gasteiger partial charge in [0.2, 0.25) is 0 Å². The molecule has 0 aliphatic carbocycles. The van der Waals surface area contributed by atoms with E-state index in [2.05, 4.69) is 41.1 Å². The van der Waals surface area contributed by atoms with Crippen molar-refractivity contribution < 1.29 is 0 Å². The molecule has 0 atom stereocenters. The second-order valence-electron chi connectivity index (χ2n) is 5.12. The first kappa shape index (κ1) is 11.8. The van der Waals surface area contributed by atoms with Crippen molar-refractivity contribution >= 4 is 6.71 Å². The maximum Gasteiger partial charge on any atom is 0.142 e. The van der Waals surface area contributed by atoms with Crippen LogP contribution < -0.4 is 0 Å². The number of allylic oxidation sites excluding steroid dienone is 1. The molecule has 0 radical (unpaired) electrons. The predicted octanol–water partition coefficient (Wildman–Crippen LogP) is 4.27. The minimum Gasteiger partial charge on any atom is -0.100 e. The maximum atomic E-state index is 3.91. The number of hydrogen-bond donors (Lipinski definition) is 0. The van der Waals surface area contributed by atoms with Crippen LogP contribution >= 0.6 is 0 Å². The van der Waals surface area contributed by atoms with Crippen LogP contribution in [0.1, 0.15) is 40.5 Å². The maximum absolute atomic E-state index is 3.91. The SMILES string of the molecule is C=C(C)CCCB(C)C(C)(C)C. The molecule has 0 spiro atoms. The van der Waals surface area contributed by atoms with Crippen molar-refractivity contribution in [1.82, 2.24) is 0 Å². The summed E-state index contributed by atoms with van der Waals surface area (Å²) in [5, 5.41) is 0.467. The third-order valence-corrected chi connectivity index (χ3v) is 2.72. The average Bonchev–Trinajstić information content (AvgIpc) is 1.84. The predicted molar refractivity (Wildman–Crippen MR) is 60.2 cm³/mol. The normalized spacial score (nSPS) is 11.4. The van der Waals surface area contributed by atoms with E-state index in [4.69, 9.17) is 0 Å². The Morgan fingerprint density at radius 1 is 1.33 bits per heavy atom. The molecule has 0 bridgehead atoms. The first-order valence-electron chi connectivity index (χ1n) is 4.98. The molecule has 0 amide bonds. The summed E-state index contributed by atoms with van der Waals surface area (Å²) in [6, 6.07) is 0. The molecule has 0 nitrogen and oxygen atoms in total. The van der Waals surface area contributed by atoms with Crippen molar-refractivity contribution in [2.75, 3.05) is 0 Å². The fourth-order valence-corrected chi connectivity index (χ4v) is 1.14. The molecule has 0 unspecified atom stereocenters. The lowest BCUT2D eigenvalue weighted by Crippen LogP contribution is -2.20. The Morgan fingerprint density at radius 2 is 1.83 bits per heavy atom. The van der Waals surface area contributed by atoms with Crippen molar-refractivity contribution in [2.45, 2.75) is 59.0 Å². The molecule has 0 aromatic carbocycles. The van der Waals surface area contributed by atoms with Gasteiger partial charge in [0.15, 0.2) is 0 Å². The van der Waals surface area contributed by atoms with Crippen molar-refractivity contribution in [3.63, 3.8) is 0 Å². The highest BCUT2D eigenvalue weighted by atomic mass is 14.0. The Balaban J connectivity index is 3.58. The highest BCUT2D eigenvalue weighted by molar-refractivity contribution is 6.60. The molecule has 0 saturated carbocycles. The van der Waals surface area contributed by atoms with Gasteiger partial charge in [-0.25, -0.2) is 0 Å². The minimum absolute atomic E-state index is 0.467. The Bertz CT molecular complexity index is 142. The van der Waals surface area contributed by atoms with Gasteiger partial charge in [-0.05, 0) is 13.3 Å². The summed E-state index contributed by atoms with van der Waals surface area (Å²) in [5.74, 6) is 0. The van der Waals surface area contributed by atoms with Crippen LogP contribution in [0.2, 0.25) is 18.5 Å². The van der Waals surface area contributed by atoms with E-state index in [1.54, 1.807) is 0 Å². The molecular formula is C11H23B. The van der Waals surface area contributed by atoms with E-state index in [-0.39, 0.29) is 0 Å². The summed E-state index contributed by atoms with van der Waals surface area (Å²) in [4.78, 5) is 0. The Hall–Kier alpha value is -0.195. The van der Waals surface area contributed by atoms with E-state index >= 15 is 0 Å². The summed E-state index contributed by atoms with van der Waals surface area (Å²) >= 11 is 0. The molecule has 0 rings (SSSR count). The minimum atomic E-state index is 0.467. The van der Waals surface area contributed by atoms with Gasteiger partial charge in [-0.3, -0.25) is 0 Å². The van der Waals surface area contributed by atoms with E-state index in [0.717, 1.165) is 6.71 Å². The molecule has 0 fully saturated rings. The molecule has 0 N–H and O–H groups in total. The summed E-state index contributed by atoms with van der Waals surface area (Å²) in [6.45, 7) is 16.1. The van der Waals surface area contributed by atoms with Crippen LogP contribution in [0.3, 0.4) is 0 Å². The molecule has 0 aromatic heterocycles. The zero-order valence-electron chi connectivity index (χ0n) is 9.41. The third kappa shape index (κ3) is 5.45. The second-order valence-corrected chi connectivity index (χ2v) is 5.12. The van der Waals surface area contributed by atoms with Crippen LogP contribution in [0, 0.1) is 0 Å². The molecular weight excluding hydrogens is 143 g/mol. The van der Waals surface area contributed by atoms with Gasteiger partial charge in [0.1, 0.15) is 6.71 Å². The lowest BCUT2D eigenvalue weighted by atomic mass is 9.34. The van der Waals surface area contributed by atoms with Crippen LogP contribution in [-0.2, 0) is 0 Å². The zero-order valence-corrected chi connectivity index (χ0v) is 9.41. The first-order valence-corrected chi connectivity index (χ1v) is 4.98. The van der Waals surface area contributed by atoms with Gasteiger partial charge >= 0.3 is 0 Å². The Morgan fingerprint density at radius 3 is 2.17 bits per heavy atom. The molecule has 12 heavy (non-hydrogen) atoms. The third-order valence-electron chi connectivity index (χ3n) is 2.72.